The summed E-state index contributed by atoms with van der Waals surface area (Å²) in [5.74, 6) is 0.490. The van der Waals surface area contributed by atoms with Crippen molar-refractivity contribution >= 4 is 40.4 Å². The van der Waals surface area contributed by atoms with Gasteiger partial charge >= 0.3 is 12.1 Å². The summed E-state index contributed by atoms with van der Waals surface area (Å²) in [7, 11) is 1.60. The van der Waals surface area contributed by atoms with Crippen molar-refractivity contribution in [2.24, 2.45) is 0 Å². The molecule has 2 aliphatic rings. The van der Waals surface area contributed by atoms with Gasteiger partial charge in [-0.3, -0.25) is 4.79 Å². The average Bonchev–Trinajstić information content (AvgIpc) is 3.31. The maximum Gasteiger partial charge on any atom is 0.410 e. The van der Waals surface area contributed by atoms with E-state index in [0.29, 0.717) is 37.4 Å². The molecule has 2 aliphatic heterocycles. The van der Waals surface area contributed by atoms with Crippen molar-refractivity contribution in [1.29, 1.82) is 0 Å². The third-order valence-electron chi connectivity index (χ3n) is 6.32. The molecule has 0 bridgehead atoms. The number of nitrogens with one attached hydrogen (secondary N) is 2. The number of amides is 2. The first-order valence-corrected chi connectivity index (χ1v) is 13.0. The summed E-state index contributed by atoms with van der Waals surface area (Å²) in [4.78, 5) is 40.1. The Labute approximate surface area is 224 Å². The van der Waals surface area contributed by atoms with E-state index in [-0.39, 0.29) is 12.0 Å². The topological polar surface area (TPSA) is 106 Å². The zero-order valence-corrected chi connectivity index (χ0v) is 21.8. The van der Waals surface area contributed by atoms with Crippen molar-refractivity contribution in [2.45, 2.75) is 26.1 Å². The molecule has 2 aromatic carbocycles. The minimum absolute atomic E-state index is 0.148. The number of esters is 1. The third-order valence-corrected chi connectivity index (χ3v) is 7.47. The number of anilines is 1. The predicted octanol–water partition coefficient (Wildman–Crippen LogP) is 4.74. The highest BCUT2D eigenvalue weighted by molar-refractivity contribution is 7.16. The zero-order valence-electron chi connectivity index (χ0n) is 21.0. The standard InChI is InChI=1S/C28H27N3O6S/c1-3-36-28(34)31-15-14-21-22(16-31)38-27-24(21)26(33)29-25(30-27)18-7-11-20(12-8-18)37-23(32)13-6-17-4-9-19(35-2)10-5-17/h4-13,25,30H,3,14-16H2,1-2H3,(H,29,33). The molecule has 196 valence electrons. The Morgan fingerprint density at radius 1 is 1.08 bits per heavy atom. The minimum atomic E-state index is -0.497. The van der Waals surface area contributed by atoms with Crippen molar-refractivity contribution in [2.75, 3.05) is 25.6 Å². The second kappa shape index (κ2) is 11.0. The van der Waals surface area contributed by atoms with Gasteiger partial charge in [-0.25, -0.2) is 9.59 Å². The van der Waals surface area contributed by atoms with Crippen LogP contribution >= 0.6 is 11.3 Å². The molecule has 0 fully saturated rings. The van der Waals surface area contributed by atoms with E-state index in [1.54, 1.807) is 49.3 Å². The van der Waals surface area contributed by atoms with Crippen LogP contribution in [0.25, 0.3) is 6.08 Å². The van der Waals surface area contributed by atoms with E-state index >= 15 is 0 Å². The number of benzene rings is 2. The zero-order chi connectivity index (χ0) is 26.6. The fourth-order valence-electron chi connectivity index (χ4n) is 4.41. The number of ether oxygens (including phenoxy) is 3. The fourth-order valence-corrected chi connectivity index (χ4v) is 5.70. The largest absolute Gasteiger partial charge is 0.497 e. The van der Waals surface area contributed by atoms with Gasteiger partial charge in [-0.2, -0.15) is 0 Å². The number of hydrogen-bond donors (Lipinski definition) is 2. The van der Waals surface area contributed by atoms with E-state index in [9.17, 15) is 14.4 Å². The van der Waals surface area contributed by atoms with Gasteiger partial charge in [0, 0.05) is 17.5 Å². The van der Waals surface area contributed by atoms with Crippen LogP contribution < -0.4 is 20.1 Å². The van der Waals surface area contributed by atoms with E-state index in [1.165, 1.54) is 17.4 Å². The highest BCUT2D eigenvalue weighted by Gasteiger charge is 2.34. The molecule has 38 heavy (non-hydrogen) atoms. The molecular weight excluding hydrogens is 506 g/mol. The van der Waals surface area contributed by atoms with Crippen LogP contribution in [0.5, 0.6) is 11.5 Å². The highest BCUT2D eigenvalue weighted by atomic mass is 32.1. The fraction of sp³-hybridized carbons (Fsp3) is 0.250. The normalized spacial score (nSPS) is 16.2. The van der Waals surface area contributed by atoms with Crippen LogP contribution in [0.1, 0.15) is 45.0 Å². The average molecular weight is 534 g/mol. The van der Waals surface area contributed by atoms with E-state index in [4.69, 9.17) is 14.2 Å². The summed E-state index contributed by atoms with van der Waals surface area (Å²) in [6.07, 6.45) is 2.86. The van der Waals surface area contributed by atoms with Crippen LogP contribution in [-0.2, 0) is 22.5 Å². The Kier molecular flexibility index (Phi) is 7.32. The first-order valence-electron chi connectivity index (χ1n) is 12.2. The Bertz CT molecular complexity index is 1380. The Morgan fingerprint density at radius 2 is 1.82 bits per heavy atom. The molecule has 0 saturated carbocycles. The molecule has 9 nitrogen and oxygen atoms in total. The molecule has 1 unspecified atom stereocenters. The quantitative estimate of drug-likeness (QED) is 0.268. The van der Waals surface area contributed by atoms with Gasteiger partial charge in [-0.1, -0.05) is 24.3 Å². The van der Waals surface area contributed by atoms with Gasteiger partial charge in [0.2, 0.25) is 0 Å². The second-order valence-electron chi connectivity index (χ2n) is 8.73. The monoisotopic (exact) mass is 533 g/mol. The SMILES string of the molecule is CCOC(=O)N1CCc2c(sc3c2C(=O)NC(c2ccc(OC(=O)C=Cc4ccc(OC)cc4)cc2)N3)C1. The molecule has 0 radical (unpaired) electrons. The smallest absolute Gasteiger partial charge is 0.410 e. The lowest BCUT2D eigenvalue weighted by atomic mass is 10.0. The number of nitrogens with zero attached hydrogens (tertiary/aromatic N) is 1. The van der Waals surface area contributed by atoms with E-state index < -0.39 is 12.1 Å². The number of thiophene rings is 1. The molecule has 1 aromatic heterocycles. The van der Waals surface area contributed by atoms with Gasteiger partial charge in [0.25, 0.3) is 5.91 Å². The summed E-state index contributed by atoms with van der Waals surface area (Å²) in [5, 5.41) is 7.20. The van der Waals surface area contributed by atoms with Crippen LogP contribution in [-0.4, -0.2) is 43.1 Å². The molecule has 5 rings (SSSR count). The van der Waals surface area contributed by atoms with E-state index in [0.717, 1.165) is 32.3 Å². The van der Waals surface area contributed by atoms with Gasteiger partial charge in [0.1, 0.15) is 22.7 Å². The highest BCUT2D eigenvalue weighted by Crippen LogP contribution is 2.41. The number of rotatable bonds is 6. The maximum atomic E-state index is 13.0. The molecule has 0 aliphatic carbocycles. The van der Waals surface area contributed by atoms with Crippen molar-refractivity contribution in [3.8, 4) is 11.5 Å². The van der Waals surface area contributed by atoms with Gasteiger partial charge in [0.05, 0.1) is 25.8 Å². The molecule has 3 aromatic rings. The van der Waals surface area contributed by atoms with Gasteiger partial charge in [-0.05, 0) is 60.4 Å². The lowest BCUT2D eigenvalue weighted by Crippen LogP contribution is -2.39. The van der Waals surface area contributed by atoms with E-state index in [1.807, 2.05) is 24.3 Å². The van der Waals surface area contributed by atoms with Crippen molar-refractivity contribution in [3.63, 3.8) is 0 Å². The summed E-state index contributed by atoms with van der Waals surface area (Å²) in [5.41, 5.74) is 3.30. The van der Waals surface area contributed by atoms with Crippen molar-refractivity contribution < 1.29 is 28.6 Å². The first-order chi connectivity index (χ1) is 18.4. The predicted molar refractivity (Wildman–Crippen MR) is 143 cm³/mol. The van der Waals surface area contributed by atoms with Gasteiger partial charge in [0.15, 0.2) is 0 Å². The van der Waals surface area contributed by atoms with Crippen LogP contribution in [0.3, 0.4) is 0 Å². The number of carbonyl (C=O) groups excluding carboxylic acids is 3. The summed E-state index contributed by atoms with van der Waals surface area (Å²) < 4.78 is 15.7. The number of carbonyl (C=O) groups is 3. The Morgan fingerprint density at radius 3 is 2.53 bits per heavy atom. The molecule has 2 N–H and O–H groups in total. The van der Waals surface area contributed by atoms with Crippen LogP contribution in [0.15, 0.2) is 54.6 Å². The van der Waals surface area contributed by atoms with Crippen LogP contribution in [0, 0.1) is 0 Å². The first kappa shape index (κ1) is 25.3. The molecule has 0 saturated heterocycles. The van der Waals surface area contributed by atoms with Crippen molar-refractivity contribution in [3.05, 3.63) is 81.7 Å². The summed E-state index contributed by atoms with van der Waals surface area (Å²) in [6, 6.07) is 14.3. The van der Waals surface area contributed by atoms with Crippen molar-refractivity contribution in [1.82, 2.24) is 10.2 Å². The lowest BCUT2D eigenvalue weighted by Gasteiger charge is -2.28. The Hall–Kier alpha value is -4.31. The third kappa shape index (κ3) is 5.35. The summed E-state index contributed by atoms with van der Waals surface area (Å²) >= 11 is 1.49. The minimum Gasteiger partial charge on any atom is -0.497 e. The second-order valence-corrected chi connectivity index (χ2v) is 9.83. The van der Waals surface area contributed by atoms with Gasteiger partial charge < -0.3 is 29.7 Å². The number of methoxy groups -OCH3 is 1. The Balaban J connectivity index is 1.22. The lowest BCUT2D eigenvalue weighted by molar-refractivity contribution is -0.128. The molecule has 3 heterocycles. The van der Waals surface area contributed by atoms with Crippen LogP contribution in [0.4, 0.5) is 9.80 Å². The molecular formula is C28H27N3O6S. The number of fused-ring (bicyclic) bond motifs is 3. The molecule has 1 atom stereocenters. The van der Waals surface area contributed by atoms with Gasteiger partial charge in [-0.15, -0.1) is 11.3 Å². The molecule has 0 spiro atoms. The number of hydrogen-bond acceptors (Lipinski definition) is 8. The molecule has 10 heteroatoms. The molecule has 2 amide bonds. The maximum absolute atomic E-state index is 13.0. The van der Waals surface area contributed by atoms with Crippen LogP contribution in [0.2, 0.25) is 0 Å². The summed E-state index contributed by atoms with van der Waals surface area (Å²) in [6.45, 7) is 3.05. The van der Waals surface area contributed by atoms with E-state index in [2.05, 4.69) is 10.6 Å².